The lowest BCUT2D eigenvalue weighted by atomic mass is 9.84. The van der Waals surface area contributed by atoms with E-state index < -0.39 is 6.04 Å². The fourth-order valence-electron chi connectivity index (χ4n) is 3.88. The summed E-state index contributed by atoms with van der Waals surface area (Å²) in [7, 11) is 0. The molecule has 1 aliphatic rings. The van der Waals surface area contributed by atoms with Crippen LogP contribution in [0.15, 0.2) is 24.4 Å². The largest absolute Gasteiger partial charge is 0.486 e. The van der Waals surface area contributed by atoms with Gasteiger partial charge >= 0.3 is 0 Å². The summed E-state index contributed by atoms with van der Waals surface area (Å²) < 4.78 is 5.80. The number of carbonyl (C=O) groups excluding carboxylic acids is 2. The second-order valence-corrected chi connectivity index (χ2v) is 9.68. The van der Waals surface area contributed by atoms with Gasteiger partial charge in [0.1, 0.15) is 18.4 Å². The van der Waals surface area contributed by atoms with Crippen molar-refractivity contribution in [1.82, 2.24) is 15.6 Å². The molecule has 174 valence electrons. The topological polar surface area (TPSA) is 101 Å². The van der Waals surface area contributed by atoms with Crippen LogP contribution >= 0.6 is 22.9 Å². The fraction of sp³-hybridized carbons (Fsp3) is 0.522. The van der Waals surface area contributed by atoms with Gasteiger partial charge < -0.3 is 20.5 Å². The summed E-state index contributed by atoms with van der Waals surface area (Å²) >= 11 is 7.31. The molecule has 7 nitrogen and oxygen atoms in total. The monoisotopic (exact) mass is 479 g/mol. The zero-order chi connectivity index (χ0) is 22.9. The molecule has 0 aliphatic heterocycles. The van der Waals surface area contributed by atoms with Gasteiger partial charge in [-0.05, 0) is 31.4 Å². The van der Waals surface area contributed by atoms with Crippen LogP contribution in [-0.4, -0.2) is 41.1 Å². The minimum atomic E-state index is -0.612. The lowest BCUT2D eigenvalue weighted by molar-refractivity contribution is -0.123. The van der Waals surface area contributed by atoms with Gasteiger partial charge in [-0.2, -0.15) is 0 Å². The summed E-state index contributed by atoms with van der Waals surface area (Å²) in [6.07, 6.45) is 7.91. The number of nitrogens with one attached hydrogen (secondary N) is 2. The molecule has 0 bridgehead atoms. The van der Waals surface area contributed by atoms with E-state index in [0.29, 0.717) is 34.6 Å². The number of hydrogen-bond acceptors (Lipinski definition) is 6. The zero-order valence-electron chi connectivity index (χ0n) is 18.2. The minimum absolute atomic E-state index is 0.133. The van der Waals surface area contributed by atoms with Crippen LogP contribution in [0.25, 0.3) is 0 Å². The van der Waals surface area contributed by atoms with Crippen LogP contribution in [0.4, 0.5) is 0 Å². The van der Waals surface area contributed by atoms with Crippen molar-refractivity contribution in [2.24, 2.45) is 5.92 Å². The van der Waals surface area contributed by atoms with Gasteiger partial charge in [0.2, 0.25) is 5.91 Å². The Bertz CT molecular complexity index is 914. The predicted molar refractivity (Wildman–Crippen MR) is 125 cm³/mol. The Morgan fingerprint density at radius 3 is 2.84 bits per heavy atom. The van der Waals surface area contributed by atoms with E-state index in [0.717, 1.165) is 23.4 Å². The van der Waals surface area contributed by atoms with Gasteiger partial charge in [-0.1, -0.05) is 43.7 Å². The van der Waals surface area contributed by atoms with Crippen LogP contribution in [0.3, 0.4) is 0 Å². The van der Waals surface area contributed by atoms with Crippen molar-refractivity contribution >= 4 is 34.8 Å². The molecule has 3 rings (SSSR count). The number of rotatable bonds is 10. The second-order valence-electron chi connectivity index (χ2n) is 8.07. The molecule has 1 fully saturated rings. The first-order valence-electron chi connectivity index (χ1n) is 11.0. The van der Waals surface area contributed by atoms with Gasteiger partial charge in [-0.15, -0.1) is 11.3 Å². The molecule has 0 spiro atoms. The third kappa shape index (κ3) is 7.18. The Kier molecular flexibility index (Phi) is 9.32. The van der Waals surface area contributed by atoms with E-state index in [1.165, 1.54) is 30.6 Å². The third-order valence-corrected chi connectivity index (χ3v) is 6.85. The first-order chi connectivity index (χ1) is 15.5. The van der Waals surface area contributed by atoms with Gasteiger partial charge in [0.25, 0.3) is 5.91 Å². The summed E-state index contributed by atoms with van der Waals surface area (Å²) in [6, 6.07) is 4.69. The van der Waals surface area contributed by atoms with Crippen LogP contribution < -0.4 is 15.4 Å². The first kappa shape index (κ1) is 24.5. The van der Waals surface area contributed by atoms with Crippen LogP contribution in [0.2, 0.25) is 5.02 Å². The molecule has 2 amide bonds. The van der Waals surface area contributed by atoms with Gasteiger partial charge in [0.15, 0.2) is 0 Å². The number of aryl methyl sites for hydroxylation is 1. The zero-order valence-corrected chi connectivity index (χ0v) is 19.8. The summed E-state index contributed by atoms with van der Waals surface area (Å²) in [6.45, 7) is 2.18. The molecular formula is C23H30ClN3O4S. The molecule has 0 radical (unpaired) electrons. The lowest BCUT2D eigenvalue weighted by Gasteiger charge is -2.26. The predicted octanol–water partition coefficient (Wildman–Crippen LogP) is 3.86. The molecule has 32 heavy (non-hydrogen) atoms. The molecular weight excluding hydrogens is 450 g/mol. The molecule has 2 aromatic heterocycles. The Hall–Kier alpha value is -2.16. The van der Waals surface area contributed by atoms with Crippen LogP contribution in [0, 0.1) is 12.8 Å². The minimum Gasteiger partial charge on any atom is -0.486 e. The molecule has 9 heteroatoms. The maximum atomic E-state index is 12.9. The number of halogens is 1. The van der Waals surface area contributed by atoms with E-state index in [9.17, 15) is 9.59 Å². The molecule has 1 saturated carbocycles. The molecule has 0 saturated heterocycles. The average molecular weight is 480 g/mol. The maximum Gasteiger partial charge on any atom is 0.262 e. The molecule has 2 aromatic rings. The molecule has 1 atom stereocenters. The highest BCUT2D eigenvalue weighted by atomic mass is 35.5. The van der Waals surface area contributed by atoms with E-state index in [1.807, 2.05) is 13.0 Å². The highest BCUT2D eigenvalue weighted by Crippen LogP contribution is 2.28. The lowest BCUT2D eigenvalue weighted by Crippen LogP contribution is -2.48. The summed E-state index contributed by atoms with van der Waals surface area (Å²) in [5.41, 5.74) is 0.739. The Morgan fingerprint density at radius 1 is 1.31 bits per heavy atom. The molecule has 2 heterocycles. The highest BCUT2D eigenvalue weighted by molar-refractivity contribution is 7.14. The van der Waals surface area contributed by atoms with Crippen LogP contribution in [0.1, 0.15) is 58.8 Å². The van der Waals surface area contributed by atoms with Gasteiger partial charge in [-0.25, -0.2) is 0 Å². The fourth-order valence-corrected chi connectivity index (χ4v) is 4.85. The number of aromatic nitrogens is 1. The van der Waals surface area contributed by atoms with E-state index >= 15 is 0 Å². The SMILES string of the molecule is Cc1ncc(Cl)cc1OCc1ccc(C(=O)N[C@@H](CC2CCCCC2)C(=O)NCCO)s1. The summed E-state index contributed by atoms with van der Waals surface area (Å²) in [5.74, 6) is 0.504. The molecule has 1 aliphatic carbocycles. The standard InChI is InChI=1S/C23H30ClN3O4S/c1-15-20(12-17(24)13-26-15)31-14-18-7-8-21(32-18)23(30)27-19(22(29)25-9-10-28)11-16-5-3-2-4-6-16/h7-8,12-13,16,19,28H,2-6,9-11,14H2,1H3,(H,25,29)(H,27,30)/t19-/m0/s1. The molecule has 3 N–H and O–H groups in total. The van der Waals surface area contributed by atoms with Crippen molar-refractivity contribution in [3.05, 3.63) is 44.9 Å². The summed E-state index contributed by atoms with van der Waals surface area (Å²) in [4.78, 5) is 31.0. The van der Waals surface area contributed by atoms with E-state index in [4.69, 9.17) is 21.4 Å². The highest BCUT2D eigenvalue weighted by Gasteiger charge is 2.26. The molecule has 0 unspecified atom stereocenters. The normalized spacial score (nSPS) is 15.2. The number of carbonyl (C=O) groups is 2. The van der Waals surface area contributed by atoms with Crippen molar-refractivity contribution < 1.29 is 19.4 Å². The van der Waals surface area contributed by atoms with E-state index in [2.05, 4.69) is 15.6 Å². The van der Waals surface area contributed by atoms with Gasteiger partial charge in [0.05, 0.1) is 22.2 Å². The quantitative estimate of drug-likeness (QED) is 0.480. The number of amides is 2. The Labute approximate surface area is 197 Å². The number of thiophene rings is 1. The van der Waals surface area contributed by atoms with E-state index in [1.54, 1.807) is 18.3 Å². The third-order valence-electron chi connectivity index (χ3n) is 5.59. The van der Waals surface area contributed by atoms with Gasteiger partial charge in [0, 0.05) is 23.7 Å². The average Bonchev–Trinajstić information content (AvgIpc) is 3.27. The Balaban J connectivity index is 1.60. The number of aliphatic hydroxyl groups is 1. The van der Waals surface area contributed by atoms with Crippen molar-refractivity contribution in [2.75, 3.05) is 13.2 Å². The van der Waals surface area contributed by atoms with Crippen molar-refractivity contribution in [3.63, 3.8) is 0 Å². The van der Waals surface area contributed by atoms with Crippen LogP contribution in [0.5, 0.6) is 5.75 Å². The summed E-state index contributed by atoms with van der Waals surface area (Å²) in [5, 5.41) is 15.1. The van der Waals surface area contributed by atoms with Gasteiger partial charge in [-0.3, -0.25) is 14.6 Å². The van der Waals surface area contributed by atoms with Crippen molar-refractivity contribution in [2.45, 2.75) is 58.1 Å². The van der Waals surface area contributed by atoms with Crippen molar-refractivity contribution in [1.29, 1.82) is 0 Å². The number of ether oxygens (including phenoxy) is 1. The van der Waals surface area contributed by atoms with Crippen LogP contribution in [-0.2, 0) is 11.4 Å². The second kappa shape index (κ2) is 12.2. The molecule has 0 aromatic carbocycles. The number of aliphatic hydroxyl groups excluding tert-OH is 1. The number of hydrogen-bond donors (Lipinski definition) is 3. The maximum absolute atomic E-state index is 12.9. The first-order valence-corrected chi connectivity index (χ1v) is 12.2. The number of pyridine rings is 1. The van der Waals surface area contributed by atoms with Crippen molar-refractivity contribution in [3.8, 4) is 5.75 Å². The van der Waals surface area contributed by atoms with E-state index in [-0.39, 0.29) is 25.0 Å². The Morgan fingerprint density at radius 2 is 2.09 bits per heavy atom. The number of nitrogens with zero attached hydrogens (tertiary/aromatic N) is 1. The smallest absolute Gasteiger partial charge is 0.262 e.